The maximum Gasteiger partial charge on any atom is 0.123 e. The molecule has 4 rings (SSSR count). The molecule has 1 aliphatic heterocycles. The summed E-state index contributed by atoms with van der Waals surface area (Å²) < 4.78 is 27.0. The van der Waals surface area contributed by atoms with Gasteiger partial charge in [0, 0.05) is 12.6 Å². The molecule has 0 aromatic heterocycles. The largest absolute Gasteiger partial charge is 0.289 e. The fraction of sp³-hybridized carbons (Fsp3) is 0.478. The summed E-state index contributed by atoms with van der Waals surface area (Å²) in [6.07, 6.45) is 3.60. The maximum atomic E-state index is 13.5. The van der Waals surface area contributed by atoms with Gasteiger partial charge in [0.25, 0.3) is 0 Å². The van der Waals surface area contributed by atoms with Crippen LogP contribution in [-0.4, -0.2) is 17.5 Å². The van der Waals surface area contributed by atoms with Crippen LogP contribution in [0.3, 0.4) is 0 Å². The van der Waals surface area contributed by atoms with Gasteiger partial charge in [-0.15, -0.1) is 0 Å². The minimum absolute atomic E-state index is 0.0388. The van der Waals surface area contributed by atoms with Crippen LogP contribution in [0.5, 0.6) is 0 Å². The molecular weight excluding hydrogens is 328 g/mol. The molecule has 138 valence electrons. The minimum Gasteiger partial charge on any atom is -0.289 e. The van der Waals surface area contributed by atoms with E-state index in [9.17, 15) is 8.78 Å². The maximum absolute atomic E-state index is 13.5. The molecule has 2 atom stereocenters. The Morgan fingerprint density at radius 2 is 1.35 bits per heavy atom. The van der Waals surface area contributed by atoms with Crippen molar-refractivity contribution in [3.63, 3.8) is 0 Å². The molecule has 0 N–H and O–H groups in total. The topological polar surface area (TPSA) is 3.24 Å². The number of nitrogens with zero attached hydrogens (tertiary/aromatic N) is 1. The number of hydrogen-bond donors (Lipinski definition) is 0. The standard InChI is InChI=1S/C23H27F2N/c1-22(2)12-20-13-23(3,14-22)15-26(20)21(16-4-8-18(24)9-5-16)17-6-10-19(25)11-7-17/h4-11,20-21H,12-15H2,1-3H3/t20-,23+/m1/s1. The summed E-state index contributed by atoms with van der Waals surface area (Å²) in [5.74, 6) is -0.445. The van der Waals surface area contributed by atoms with Gasteiger partial charge in [0.05, 0.1) is 6.04 Å². The van der Waals surface area contributed by atoms with Gasteiger partial charge in [-0.05, 0) is 65.5 Å². The van der Waals surface area contributed by atoms with Crippen molar-refractivity contribution in [2.75, 3.05) is 6.54 Å². The smallest absolute Gasteiger partial charge is 0.123 e. The molecule has 1 heterocycles. The van der Waals surface area contributed by atoms with Crippen molar-refractivity contribution in [2.45, 2.75) is 52.1 Å². The zero-order valence-electron chi connectivity index (χ0n) is 15.8. The predicted molar refractivity (Wildman–Crippen MR) is 101 cm³/mol. The highest BCUT2D eigenvalue weighted by Crippen LogP contribution is 2.55. The molecule has 0 unspecified atom stereocenters. The van der Waals surface area contributed by atoms with E-state index < -0.39 is 0 Å². The minimum atomic E-state index is -0.222. The van der Waals surface area contributed by atoms with Crippen LogP contribution in [0.1, 0.15) is 57.2 Å². The zero-order valence-corrected chi connectivity index (χ0v) is 15.8. The Bertz CT molecular complexity index is 735. The fourth-order valence-corrected chi connectivity index (χ4v) is 5.67. The van der Waals surface area contributed by atoms with Gasteiger partial charge in [-0.3, -0.25) is 4.90 Å². The van der Waals surface area contributed by atoms with E-state index in [4.69, 9.17) is 0 Å². The Hall–Kier alpha value is -1.74. The van der Waals surface area contributed by atoms with Gasteiger partial charge in [0.1, 0.15) is 11.6 Å². The third-order valence-electron chi connectivity index (χ3n) is 6.16. The van der Waals surface area contributed by atoms with E-state index in [1.54, 1.807) is 0 Å². The van der Waals surface area contributed by atoms with E-state index in [-0.39, 0.29) is 17.7 Å². The van der Waals surface area contributed by atoms with Gasteiger partial charge in [0.2, 0.25) is 0 Å². The third kappa shape index (κ3) is 3.29. The lowest BCUT2D eigenvalue weighted by Gasteiger charge is -2.40. The molecule has 0 amide bonds. The monoisotopic (exact) mass is 355 g/mol. The molecule has 1 saturated heterocycles. The Balaban J connectivity index is 1.76. The van der Waals surface area contributed by atoms with E-state index in [1.165, 1.54) is 43.5 Å². The zero-order chi connectivity index (χ0) is 18.5. The summed E-state index contributed by atoms with van der Waals surface area (Å²) >= 11 is 0. The van der Waals surface area contributed by atoms with E-state index >= 15 is 0 Å². The van der Waals surface area contributed by atoms with Crippen LogP contribution >= 0.6 is 0 Å². The summed E-state index contributed by atoms with van der Waals surface area (Å²) in [6.45, 7) is 8.16. The molecule has 1 aliphatic carbocycles. The molecule has 2 aromatic rings. The first-order valence-electron chi connectivity index (χ1n) is 9.51. The third-order valence-corrected chi connectivity index (χ3v) is 6.16. The van der Waals surface area contributed by atoms with Crippen LogP contribution in [0, 0.1) is 22.5 Å². The van der Waals surface area contributed by atoms with Gasteiger partial charge < -0.3 is 0 Å². The van der Waals surface area contributed by atoms with Crippen molar-refractivity contribution in [1.29, 1.82) is 0 Å². The second kappa shape index (κ2) is 6.16. The van der Waals surface area contributed by atoms with Crippen LogP contribution in [0.4, 0.5) is 8.78 Å². The molecule has 0 spiro atoms. The van der Waals surface area contributed by atoms with Gasteiger partial charge in [-0.25, -0.2) is 8.78 Å². The molecule has 2 fully saturated rings. The first-order valence-corrected chi connectivity index (χ1v) is 9.51. The number of benzene rings is 2. The van der Waals surface area contributed by atoms with E-state index in [0.29, 0.717) is 16.9 Å². The molecule has 2 aromatic carbocycles. The fourth-order valence-electron chi connectivity index (χ4n) is 5.67. The number of halogens is 2. The van der Waals surface area contributed by atoms with Gasteiger partial charge in [-0.1, -0.05) is 45.0 Å². The first kappa shape index (κ1) is 17.7. The van der Waals surface area contributed by atoms with Crippen molar-refractivity contribution < 1.29 is 8.78 Å². The Labute approximate surface area is 155 Å². The van der Waals surface area contributed by atoms with E-state index in [0.717, 1.165) is 17.7 Å². The molecular formula is C23H27F2N. The molecule has 2 aliphatic rings. The van der Waals surface area contributed by atoms with Gasteiger partial charge in [0.15, 0.2) is 0 Å². The van der Waals surface area contributed by atoms with Crippen LogP contribution in [0.15, 0.2) is 48.5 Å². The van der Waals surface area contributed by atoms with Crippen LogP contribution in [0.2, 0.25) is 0 Å². The quantitative estimate of drug-likeness (QED) is 0.657. The molecule has 26 heavy (non-hydrogen) atoms. The van der Waals surface area contributed by atoms with Crippen molar-refractivity contribution in [2.24, 2.45) is 10.8 Å². The van der Waals surface area contributed by atoms with Crippen LogP contribution in [-0.2, 0) is 0 Å². The molecule has 1 nitrogen and oxygen atoms in total. The Kier molecular flexibility index (Phi) is 4.18. The summed E-state index contributed by atoms with van der Waals surface area (Å²) in [7, 11) is 0. The second-order valence-electron chi connectivity index (χ2n) is 9.39. The summed E-state index contributed by atoms with van der Waals surface area (Å²) in [4.78, 5) is 2.58. The van der Waals surface area contributed by atoms with Gasteiger partial charge >= 0.3 is 0 Å². The summed E-state index contributed by atoms with van der Waals surface area (Å²) in [5.41, 5.74) is 2.80. The molecule has 0 radical (unpaired) electrons. The van der Waals surface area contributed by atoms with E-state index in [2.05, 4.69) is 25.7 Å². The van der Waals surface area contributed by atoms with E-state index in [1.807, 2.05) is 24.3 Å². The molecule has 2 bridgehead atoms. The highest BCUT2D eigenvalue weighted by Gasteiger charge is 2.51. The normalized spacial score (nSPS) is 27.8. The predicted octanol–water partition coefficient (Wildman–Crippen LogP) is 5.95. The summed E-state index contributed by atoms with van der Waals surface area (Å²) in [5, 5.41) is 0. The highest BCUT2D eigenvalue weighted by molar-refractivity contribution is 5.33. The Morgan fingerprint density at radius 1 is 0.846 bits per heavy atom. The van der Waals surface area contributed by atoms with Crippen molar-refractivity contribution in [3.05, 3.63) is 71.3 Å². The van der Waals surface area contributed by atoms with Crippen molar-refractivity contribution in [3.8, 4) is 0 Å². The number of fused-ring (bicyclic) bond motifs is 2. The average Bonchev–Trinajstić information content (AvgIpc) is 2.80. The second-order valence-corrected chi connectivity index (χ2v) is 9.39. The number of rotatable bonds is 3. The van der Waals surface area contributed by atoms with Gasteiger partial charge in [-0.2, -0.15) is 0 Å². The lowest BCUT2D eigenvalue weighted by molar-refractivity contribution is 0.122. The lowest BCUT2D eigenvalue weighted by Crippen LogP contribution is -2.36. The molecule has 1 saturated carbocycles. The van der Waals surface area contributed by atoms with Crippen molar-refractivity contribution >= 4 is 0 Å². The van der Waals surface area contributed by atoms with Crippen LogP contribution in [0.25, 0.3) is 0 Å². The summed E-state index contributed by atoms with van der Waals surface area (Å²) in [6, 6.07) is 14.1. The average molecular weight is 355 g/mol. The number of likely N-dealkylation sites (tertiary alicyclic amines) is 1. The lowest BCUT2D eigenvalue weighted by atomic mass is 9.65. The highest BCUT2D eigenvalue weighted by atomic mass is 19.1. The van der Waals surface area contributed by atoms with Crippen molar-refractivity contribution in [1.82, 2.24) is 4.90 Å². The SMILES string of the molecule is CC1(C)C[C@@H]2C[C@](C)(CN2C(c2ccc(F)cc2)c2ccc(F)cc2)C1. The number of hydrogen-bond acceptors (Lipinski definition) is 1. The molecule has 3 heteroatoms. The first-order chi connectivity index (χ1) is 12.2. The Morgan fingerprint density at radius 3 is 1.85 bits per heavy atom. The van der Waals surface area contributed by atoms with Crippen LogP contribution < -0.4 is 0 Å².